The van der Waals surface area contributed by atoms with Gasteiger partial charge in [-0.2, -0.15) is 23.5 Å². The van der Waals surface area contributed by atoms with Gasteiger partial charge in [-0.15, -0.1) is 0 Å². The Morgan fingerprint density at radius 2 is 1.82 bits per heavy atom. The van der Waals surface area contributed by atoms with Gasteiger partial charge in [-0.1, -0.05) is 18.2 Å². The minimum Gasteiger partial charge on any atom is -0.487 e. The van der Waals surface area contributed by atoms with Crippen LogP contribution in [0.2, 0.25) is 0 Å². The zero-order valence-electron chi connectivity index (χ0n) is 16.9. The van der Waals surface area contributed by atoms with E-state index in [0.29, 0.717) is 22.9 Å². The van der Waals surface area contributed by atoms with E-state index in [-0.39, 0.29) is 12.3 Å². The van der Waals surface area contributed by atoms with Crippen molar-refractivity contribution in [1.82, 2.24) is 0 Å². The molecule has 3 aromatic carbocycles. The molecular weight excluding hydrogens is 679 g/mol. The van der Waals surface area contributed by atoms with Crippen LogP contribution in [0.1, 0.15) is 22.3 Å². The fourth-order valence-corrected chi connectivity index (χ4v) is 4.95. The van der Waals surface area contributed by atoms with Gasteiger partial charge in [0.25, 0.3) is 5.69 Å². The van der Waals surface area contributed by atoms with Crippen LogP contribution in [-0.4, -0.2) is 11.1 Å². The van der Waals surface area contributed by atoms with Gasteiger partial charge in [0.1, 0.15) is 18.0 Å². The summed E-state index contributed by atoms with van der Waals surface area (Å²) in [5, 5.41) is 24.3. The van der Waals surface area contributed by atoms with Gasteiger partial charge >= 0.3 is 6.18 Å². The Morgan fingerprint density at radius 3 is 2.44 bits per heavy atom. The Bertz CT molecular complexity index is 1280. The van der Waals surface area contributed by atoms with Crippen molar-refractivity contribution >= 4 is 62.8 Å². The maximum atomic E-state index is 12.8. The Kier molecular flexibility index (Phi) is 8.31. The Labute approximate surface area is 219 Å². The summed E-state index contributed by atoms with van der Waals surface area (Å²) in [5.41, 5.74) is 2.32. The first-order valence-electron chi connectivity index (χ1n) is 9.34. The molecule has 3 aromatic rings. The number of nitro benzene ring substituents is 1. The summed E-state index contributed by atoms with van der Waals surface area (Å²) in [4.78, 5) is 10.3. The normalized spacial score (nSPS) is 11.3. The molecule has 0 aliphatic heterocycles. The van der Waals surface area contributed by atoms with E-state index in [0.717, 1.165) is 24.8 Å². The van der Waals surface area contributed by atoms with Crippen LogP contribution in [0.25, 0.3) is 0 Å². The number of rotatable bonds is 7. The van der Waals surface area contributed by atoms with Crippen molar-refractivity contribution < 1.29 is 22.8 Å². The molecule has 0 bridgehead atoms. The van der Waals surface area contributed by atoms with Crippen molar-refractivity contribution in [2.24, 2.45) is 5.10 Å². The number of hydrogen-bond donors (Lipinski definition) is 1. The van der Waals surface area contributed by atoms with Gasteiger partial charge in [0, 0.05) is 11.6 Å². The minimum absolute atomic E-state index is 0.172. The van der Waals surface area contributed by atoms with Gasteiger partial charge in [-0.3, -0.25) is 15.5 Å². The minimum atomic E-state index is -4.69. The molecule has 0 aromatic heterocycles. The van der Waals surface area contributed by atoms with Crippen LogP contribution in [0.3, 0.4) is 0 Å². The van der Waals surface area contributed by atoms with Crippen LogP contribution >= 0.6 is 45.2 Å². The summed E-state index contributed by atoms with van der Waals surface area (Å²) < 4.78 is 45.9. The van der Waals surface area contributed by atoms with Gasteiger partial charge in [-0.05, 0) is 81.1 Å². The lowest BCUT2D eigenvalue weighted by Crippen LogP contribution is -2.06. The van der Waals surface area contributed by atoms with E-state index in [9.17, 15) is 28.5 Å². The van der Waals surface area contributed by atoms with E-state index in [2.05, 4.69) is 61.8 Å². The number of nitro groups is 1. The average molecular weight is 692 g/mol. The second-order valence-electron chi connectivity index (χ2n) is 6.73. The van der Waals surface area contributed by atoms with Gasteiger partial charge in [-0.25, -0.2) is 0 Å². The highest BCUT2D eigenvalue weighted by Gasteiger charge is 2.33. The fourth-order valence-electron chi connectivity index (χ4n) is 2.83. The highest BCUT2D eigenvalue weighted by Crippen LogP contribution is 2.35. The fraction of sp³-hybridized carbons (Fsp3) is 0.0909. The average Bonchev–Trinajstić information content (AvgIpc) is 2.78. The quantitative estimate of drug-likeness (QED) is 0.128. The molecule has 0 aliphatic carbocycles. The number of nitriles is 1. The highest BCUT2D eigenvalue weighted by atomic mass is 127. The van der Waals surface area contributed by atoms with Crippen LogP contribution in [0.5, 0.6) is 5.75 Å². The summed E-state index contributed by atoms with van der Waals surface area (Å²) in [6.07, 6.45) is -3.30. The van der Waals surface area contributed by atoms with Gasteiger partial charge in [0.15, 0.2) is 0 Å². The first-order chi connectivity index (χ1) is 16.1. The van der Waals surface area contributed by atoms with Crippen molar-refractivity contribution in [3.05, 3.63) is 94.1 Å². The van der Waals surface area contributed by atoms with Crippen molar-refractivity contribution in [3.63, 3.8) is 0 Å². The molecular formula is C22H13F3I2N4O3. The number of hydrogen-bond acceptors (Lipinski definition) is 6. The van der Waals surface area contributed by atoms with Crippen LogP contribution in [0.15, 0.2) is 59.7 Å². The van der Waals surface area contributed by atoms with Crippen molar-refractivity contribution in [2.45, 2.75) is 12.8 Å². The number of nitrogens with one attached hydrogen (secondary N) is 1. The molecule has 7 nitrogen and oxygen atoms in total. The second kappa shape index (κ2) is 11.0. The molecule has 34 heavy (non-hydrogen) atoms. The Morgan fingerprint density at radius 1 is 1.15 bits per heavy atom. The predicted octanol–water partition coefficient (Wildman–Crippen LogP) is 6.72. The lowest BCUT2D eigenvalue weighted by molar-refractivity contribution is -0.384. The lowest BCUT2D eigenvalue weighted by Gasteiger charge is -2.12. The van der Waals surface area contributed by atoms with E-state index >= 15 is 0 Å². The zero-order chi connectivity index (χ0) is 24.9. The second-order valence-corrected chi connectivity index (χ2v) is 9.05. The SMILES string of the molecule is N#Cc1ccccc1COc1c(I)cc(/C=N\Nc2ccc(C(F)(F)F)cc2[N+](=O)[O-])cc1I. The third-order valence-corrected chi connectivity index (χ3v) is 6.05. The van der Waals surface area contributed by atoms with Gasteiger partial charge in [0.05, 0.1) is 35.5 Å². The van der Waals surface area contributed by atoms with E-state index < -0.39 is 22.4 Å². The molecule has 1 N–H and O–H groups in total. The molecule has 0 unspecified atom stereocenters. The molecule has 0 aliphatic rings. The number of hydrazone groups is 1. The third kappa shape index (κ3) is 6.35. The van der Waals surface area contributed by atoms with Crippen LogP contribution in [0.4, 0.5) is 24.5 Å². The standard InChI is InChI=1S/C22H13F3I2N4O3/c23-22(24,25)16-5-6-19(20(9-16)31(32)33)30-29-11-13-7-17(26)21(18(27)8-13)34-12-15-4-2-1-3-14(15)10-28/h1-9,11,30H,12H2/b29-11-. The summed E-state index contributed by atoms with van der Waals surface area (Å²) in [6, 6.07) is 14.9. The number of ether oxygens (including phenoxy) is 1. The van der Waals surface area contributed by atoms with E-state index in [4.69, 9.17) is 4.74 Å². The molecule has 0 fully saturated rings. The van der Waals surface area contributed by atoms with Gasteiger partial charge < -0.3 is 4.74 Å². The largest absolute Gasteiger partial charge is 0.487 e. The van der Waals surface area contributed by atoms with Gasteiger partial charge in [0.2, 0.25) is 0 Å². The molecule has 0 amide bonds. The molecule has 0 spiro atoms. The highest BCUT2D eigenvalue weighted by molar-refractivity contribution is 14.1. The molecule has 0 heterocycles. The summed E-state index contributed by atoms with van der Waals surface area (Å²) >= 11 is 4.18. The zero-order valence-corrected chi connectivity index (χ0v) is 21.3. The lowest BCUT2D eigenvalue weighted by atomic mass is 10.1. The first-order valence-corrected chi connectivity index (χ1v) is 11.5. The Balaban J connectivity index is 1.75. The summed E-state index contributed by atoms with van der Waals surface area (Å²) in [7, 11) is 0. The van der Waals surface area contributed by atoms with Crippen molar-refractivity contribution in [3.8, 4) is 11.8 Å². The first kappa shape index (κ1) is 25.7. The van der Waals surface area contributed by atoms with E-state index in [1.165, 1.54) is 6.21 Å². The maximum absolute atomic E-state index is 12.8. The molecule has 3 rings (SSSR count). The molecule has 0 atom stereocenters. The summed E-state index contributed by atoms with van der Waals surface area (Å²) in [5.74, 6) is 0.623. The molecule has 0 saturated carbocycles. The monoisotopic (exact) mass is 692 g/mol. The maximum Gasteiger partial charge on any atom is 0.416 e. The van der Waals surface area contributed by atoms with Crippen LogP contribution in [-0.2, 0) is 12.8 Å². The molecule has 12 heteroatoms. The van der Waals surface area contributed by atoms with Crippen LogP contribution < -0.4 is 10.2 Å². The number of alkyl halides is 3. The van der Waals surface area contributed by atoms with Crippen molar-refractivity contribution in [1.29, 1.82) is 5.26 Å². The molecule has 174 valence electrons. The molecule has 0 saturated heterocycles. The number of nitrogens with zero attached hydrogens (tertiary/aromatic N) is 3. The van der Waals surface area contributed by atoms with E-state index in [1.807, 2.05) is 12.1 Å². The van der Waals surface area contributed by atoms with Crippen LogP contribution in [0, 0.1) is 28.6 Å². The van der Waals surface area contributed by atoms with E-state index in [1.54, 1.807) is 24.3 Å². The number of halogens is 5. The van der Waals surface area contributed by atoms with Crippen molar-refractivity contribution in [2.75, 3.05) is 5.43 Å². The summed E-state index contributed by atoms with van der Waals surface area (Å²) in [6.45, 7) is 0.211. The topological polar surface area (TPSA) is 101 Å². The smallest absolute Gasteiger partial charge is 0.416 e. The number of anilines is 1. The molecule has 0 radical (unpaired) electrons. The predicted molar refractivity (Wildman–Crippen MR) is 137 cm³/mol. The number of benzene rings is 3. The Hall–Kier alpha value is -2.93. The third-order valence-electron chi connectivity index (χ3n) is 4.45.